The number of fused-ring (bicyclic) bond motifs is 1. The molecule has 2 amide bonds. The maximum absolute atomic E-state index is 12.2. The number of hydrogen-bond acceptors (Lipinski definition) is 1. The fourth-order valence-corrected chi connectivity index (χ4v) is 3.06. The Kier molecular flexibility index (Phi) is 5.61. The van der Waals surface area contributed by atoms with Crippen LogP contribution in [0.3, 0.4) is 0 Å². The van der Waals surface area contributed by atoms with Gasteiger partial charge >= 0.3 is 6.03 Å². The van der Waals surface area contributed by atoms with Crippen LogP contribution in [0.5, 0.6) is 0 Å². The van der Waals surface area contributed by atoms with Gasteiger partial charge < -0.3 is 14.8 Å². The minimum atomic E-state index is -0.0858. The molecule has 1 heterocycles. The molecule has 0 saturated carbocycles. The van der Waals surface area contributed by atoms with Gasteiger partial charge in [-0.05, 0) is 35.6 Å². The van der Waals surface area contributed by atoms with Gasteiger partial charge in [-0.3, -0.25) is 0 Å². The molecule has 0 bridgehead atoms. The van der Waals surface area contributed by atoms with Crippen LogP contribution in [0.25, 0.3) is 10.9 Å². The summed E-state index contributed by atoms with van der Waals surface area (Å²) >= 11 is 6.14. The SMILES string of the molecule is CN(Cc1ccccc1Cl)C(=O)NCCCn1ccc2ccccc21. The van der Waals surface area contributed by atoms with Crippen molar-refractivity contribution >= 4 is 28.5 Å². The van der Waals surface area contributed by atoms with Gasteiger partial charge in [-0.2, -0.15) is 0 Å². The van der Waals surface area contributed by atoms with Crippen LogP contribution < -0.4 is 5.32 Å². The number of para-hydroxylation sites is 1. The zero-order valence-electron chi connectivity index (χ0n) is 14.3. The van der Waals surface area contributed by atoms with Gasteiger partial charge in [-0.15, -0.1) is 0 Å². The van der Waals surface area contributed by atoms with E-state index in [0.717, 1.165) is 18.5 Å². The Morgan fingerprint density at radius 1 is 1.12 bits per heavy atom. The highest BCUT2D eigenvalue weighted by molar-refractivity contribution is 6.31. The van der Waals surface area contributed by atoms with E-state index in [9.17, 15) is 4.79 Å². The molecule has 25 heavy (non-hydrogen) atoms. The number of benzene rings is 2. The largest absolute Gasteiger partial charge is 0.347 e. The summed E-state index contributed by atoms with van der Waals surface area (Å²) in [6.45, 7) is 2.01. The maximum Gasteiger partial charge on any atom is 0.317 e. The van der Waals surface area contributed by atoms with Crippen molar-refractivity contribution in [3.05, 3.63) is 71.4 Å². The quantitative estimate of drug-likeness (QED) is 0.648. The molecule has 0 fully saturated rings. The number of aromatic nitrogens is 1. The third-order valence-electron chi connectivity index (χ3n) is 4.24. The van der Waals surface area contributed by atoms with E-state index in [1.165, 1.54) is 10.9 Å². The second-order valence-corrected chi connectivity index (χ2v) is 6.51. The van der Waals surface area contributed by atoms with Crippen molar-refractivity contribution in [2.75, 3.05) is 13.6 Å². The molecule has 0 aliphatic carbocycles. The highest BCUT2D eigenvalue weighted by Crippen LogP contribution is 2.17. The molecule has 130 valence electrons. The number of nitrogens with one attached hydrogen (secondary N) is 1. The lowest BCUT2D eigenvalue weighted by Gasteiger charge is -2.18. The zero-order valence-corrected chi connectivity index (χ0v) is 15.0. The number of carbonyl (C=O) groups is 1. The molecule has 5 heteroatoms. The van der Waals surface area contributed by atoms with Gasteiger partial charge in [0.25, 0.3) is 0 Å². The van der Waals surface area contributed by atoms with Gasteiger partial charge in [0.2, 0.25) is 0 Å². The van der Waals surface area contributed by atoms with Gasteiger partial charge in [-0.1, -0.05) is 48.0 Å². The number of halogens is 1. The van der Waals surface area contributed by atoms with Crippen molar-refractivity contribution in [2.45, 2.75) is 19.5 Å². The summed E-state index contributed by atoms with van der Waals surface area (Å²) in [7, 11) is 1.78. The third kappa shape index (κ3) is 4.34. The fraction of sp³-hybridized carbons (Fsp3) is 0.250. The molecule has 0 radical (unpaired) electrons. The molecule has 1 N–H and O–H groups in total. The van der Waals surface area contributed by atoms with E-state index in [1.54, 1.807) is 11.9 Å². The van der Waals surface area contributed by atoms with Crippen molar-refractivity contribution in [3.8, 4) is 0 Å². The average Bonchev–Trinajstić information content (AvgIpc) is 3.03. The predicted octanol–water partition coefficient (Wildman–Crippen LogP) is 4.53. The molecule has 0 atom stereocenters. The highest BCUT2D eigenvalue weighted by Gasteiger charge is 2.10. The smallest absolute Gasteiger partial charge is 0.317 e. The van der Waals surface area contributed by atoms with Gasteiger partial charge in [0.05, 0.1) is 0 Å². The monoisotopic (exact) mass is 355 g/mol. The van der Waals surface area contributed by atoms with Crippen LogP contribution in [0.15, 0.2) is 60.8 Å². The van der Waals surface area contributed by atoms with Crippen LogP contribution in [0.1, 0.15) is 12.0 Å². The fourth-order valence-electron chi connectivity index (χ4n) is 2.87. The molecule has 0 aliphatic rings. The second-order valence-electron chi connectivity index (χ2n) is 6.10. The summed E-state index contributed by atoms with van der Waals surface area (Å²) in [5, 5.41) is 4.89. The summed E-state index contributed by atoms with van der Waals surface area (Å²) in [6.07, 6.45) is 2.97. The van der Waals surface area contributed by atoms with E-state index in [0.29, 0.717) is 18.1 Å². The Bertz CT molecular complexity index is 859. The summed E-state index contributed by atoms with van der Waals surface area (Å²) < 4.78 is 2.22. The Labute approximate surface area is 153 Å². The average molecular weight is 356 g/mol. The molecule has 3 aromatic rings. The van der Waals surface area contributed by atoms with Crippen LogP contribution >= 0.6 is 11.6 Å². The van der Waals surface area contributed by atoms with Crippen molar-refractivity contribution in [1.29, 1.82) is 0 Å². The number of amides is 2. The molecular weight excluding hydrogens is 334 g/mol. The molecular formula is C20H22ClN3O. The molecule has 0 saturated heterocycles. The standard InChI is InChI=1S/C20H22ClN3O/c1-23(15-17-8-2-4-9-18(17)21)20(25)22-12-6-13-24-14-11-16-7-3-5-10-19(16)24/h2-5,7-11,14H,6,12-13,15H2,1H3,(H,22,25). The number of rotatable bonds is 6. The summed E-state index contributed by atoms with van der Waals surface area (Å²) in [5.41, 5.74) is 2.17. The first-order chi connectivity index (χ1) is 12.1. The van der Waals surface area contributed by atoms with Crippen molar-refractivity contribution in [2.24, 2.45) is 0 Å². The van der Waals surface area contributed by atoms with Gasteiger partial charge in [0.15, 0.2) is 0 Å². The molecule has 0 aliphatic heterocycles. The normalized spacial score (nSPS) is 10.8. The molecule has 3 rings (SSSR count). The van der Waals surface area contributed by atoms with Crippen molar-refractivity contribution in [1.82, 2.24) is 14.8 Å². The molecule has 4 nitrogen and oxygen atoms in total. The summed E-state index contributed by atoms with van der Waals surface area (Å²) in [5.74, 6) is 0. The summed E-state index contributed by atoms with van der Waals surface area (Å²) in [6, 6.07) is 17.9. The number of aryl methyl sites for hydroxylation is 1. The van der Waals surface area contributed by atoms with Crippen LogP contribution in [-0.4, -0.2) is 29.1 Å². The Morgan fingerprint density at radius 3 is 2.72 bits per heavy atom. The molecule has 2 aromatic carbocycles. The highest BCUT2D eigenvalue weighted by atomic mass is 35.5. The van der Waals surface area contributed by atoms with Crippen molar-refractivity contribution in [3.63, 3.8) is 0 Å². The lowest BCUT2D eigenvalue weighted by atomic mass is 10.2. The number of urea groups is 1. The minimum Gasteiger partial charge on any atom is -0.347 e. The van der Waals surface area contributed by atoms with E-state index in [2.05, 4.69) is 34.3 Å². The summed E-state index contributed by atoms with van der Waals surface area (Å²) in [4.78, 5) is 13.8. The lowest BCUT2D eigenvalue weighted by molar-refractivity contribution is 0.206. The Hall–Kier alpha value is -2.46. The van der Waals surface area contributed by atoms with E-state index in [1.807, 2.05) is 36.4 Å². The molecule has 1 aromatic heterocycles. The Morgan fingerprint density at radius 2 is 1.88 bits per heavy atom. The van der Waals surface area contributed by atoms with Crippen molar-refractivity contribution < 1.29 is 4.79 Å². The molecule has 0 unspecified atom stereocenters. The van der Waals surface area contributed by atoms with E-state index >= 15 is 0 Å². The number of hydrogen-bond donors (Lipinski definition) is 1. The first kappa shape index (κ1) is 17.4. The second kappa shape index (κ2) is 8.08. The van der Waals surface area contributed by atoms with Gasteiger partial charge in [-0.25, -0.2) is 4.79 Å². The Balaban J connectivity index is 1.45. The van der Waals surface area contributed by atoms with Crippen LogP contribution in [-0.2, 0) is 13.1 Å². The third-order valence-corrected chi connectivity index (χ3v) is 4.61. The van der Waals surface area contributed by atoms with Gasteiger partial charge in [0, 0.05) is 43.4 Å². The number of nitrogens with zero attached hydrogens (tertiary/aromatic N) is 2. The topological polar surface area (TPSA) is 37.3 Å². The van der Waals surface area contributed by atoms with Crippen LogP contribution in [0.4, 0.5) is 4.79 Å². The van der Waals surface area contributed by atoms with Crippen LogP contribution in [0, 0.1) is 0 Å². The first-order valence-electron chi connectivity index (χ1n) is 8.41. The van der Waals surface area contributed by atoms with E-state index in [4.69, 9.17) is 11.6 Å². The first-order valence-corrected chi connectivity index (χ1v) is 8.79. The minimum absolute atomic E-state index is 0.0858. The maximum atomic E-state index is 12.2. The van der Waals surface area contributed by atoms with E-state index in [-0.39, 0.29) is 6.03 Å². The number of carbonyl (C=O) groups excluding carboxylic acids is 1. The predicted molar refractivity (Wildman–Crippen MR) is 103 cm³/mol. The van der Waals surface area contributed by atoms with Crippen LogP contribution in [0.2, 0.25) is 5.02 Å². The zero-order chi connectivity index (χ0) is 17.6. The lowest BCUT2D eigenvalue weighted by Crippen LogP contribution is -2.37. The van der Waals surface area contributed by atoms with E-state index < -0.39 is 0 Å². The molecule has 0 spiro atoms. The van der Waals surface area contributed by atoms with Gasteiger partial charge in [0.1, 0.15) is 0 Å².